The van der Waals surface area contributed by atoms with E-state index in [4.69, 9.17) is 4.74 Å². The number of carbonyl (C=O) groups is 2. The fourth-order valence-corrected chi connectivity index (χ4v) is 4.19. The summed E-state index contributed by atoms with van der Waals surface area (Å²) >= 11 is 0. The zero-order chi connectivity index (χ0) is 26.3. The normalized spacial score (nSPS) is 24.4. The number of esters is 2. The van der Waals surface area contributed by atoms with Gasteiger partial charge in [-0.05, 0) is 64.2 Å². The van der Waals surface area contributed by atoms with E-state index in [0.29, 0.717) is 5.92 Å². The molecule has 4 atom stereocenters. The summed E-state index contributed by atoms with van der Waals surface area (Å²) in [6, 6.07) is 0. The molecule has 34 heavy (non-hydrogen) atoms. The van der Waals surface area contributed by atoms with Crippen molar-refractivity contribution in [3.63, 3.8) is 0 Å². The molecule has 10 heteroatoms. The number of alkyl halides is 6. The quantitative estimate of drug-likeness (QED) is 0.280. The summed E-state index contributed by atoms with van der Waals surface area (Å²) in [5.41, 5.74) is -0.318. The first-order valence-electron chi connectivity index (χ1n) is 12.1. The Morgan fingerprint density at radius 1 is 0.882 bits per heavy atom. The van der Waals surface area contributed by atoms with Gasteiger partial charge in [-0.15, -0.1) is 0 Å². The predicted octanol–water partition coefficient (Wildman–Crippen LogP) is 7.39. The van der Waals surface area contributed by atoms with Crippen LogP contribution in [-0.2, 0) is 19.1 Å². The van der Waals surface area contributed by atoms with Crippen molar-refractivity contribution in [3.05, 3.63) is 0 Å². The highest BCUT2D eigenvalue weighted by Gasteiger charge is 2.60. The van der Waals surface area contributed by atoms with E-state index in [-0.39, 0.29) is 23.9 Å². The second-order valence-electron chi connectivity index (χ2n) is 10.0. The van der Waals surface area contributed by atoms with Gasteiger partial charge in [0.25, 0.3) is 6.10 Å². The van der Waals surface area contributed by atoms with Gasteiger partial charge in [0.1, 0.15) is 6.10 Å². The highest BCUT2D eigenvalue weighted by Crippen LogP contribution is 2.42. The molecule has 2 aliphatic carbocycles. The first kappa shape index (κ1) is 30.6. The maximum atomic E-state index is 12.2. The molecule has 0 radical (unpaired) electrons. The van der Waals surface area contributed by atoms with Gasteiger partial charge in [0.05, 0.1) is 11.3 Å². The highest BCUT2D eigenvalue weighted by molar-refractivity contribution is 5.76. The van der Waals surface area contributed by atoms with Crippen LogP contribution in [0.4, 0.5) is 26.3 Å². The topological polar surface area (TPSA) is 52.6 Å². The zero-order valence-electron chi connectivity index (χ0n) is 20.7. The molecule has 200 valence electrons. The summed E-state index contributed by atoms with van der Waals surface area (Å²) in [5, 5.41) is 0. The van der Waals surface area contributed by atoms with Crippen LogP contribution < -0.4 is 0 Å². The molecule has 2 rings (SSSR count). The fourth-order valence-electron chi connectivity index (χ4n) is 4.19. The minimum Gasteiger partial charge on any atom is -0.462 e. The largest absolute Gasteiger partial charge is 0.462 e. The van der Waals surface area contributed by atoms with Crippen LogP contribution in [0.2, 0.25) is 0 Å². The minimum absolute atomic E-state index is 0.0150. The fraction of sp³-hybridized carbons (Fsp3) is 0.917. The van der Waals surface area contributed by atoms with Crippen molar-refractivity contribution in [3.8, 4) is 0 Å². The number of halogens is 6. The number of hydrogen-bond donors (Lipinski definition) is 0. The molecule has 2 aliphatic rings. The van der Waals surface area contributed by atoms with Crippen LogP contribution >= 0.6 is 0 Å². The van der Waals surface area contributed by atoms with Gasteiger partial charge in [0, 0.05) is 0 Å². The Kier molecular flexibility index (Phi) is 11.2. The van der Waals surface area contributed by atoms with Crippen LogP contribution in [0.5, 0.6) is 0 Å². The summed E-state index contributed by atoms with van der Waals surface area (Å²) in [5.74, 6) is -1.02. The van der Waals surface area contributed by atoms with Gasteiger partial charge in [-0.2, -0.15) is 26.3 Å². The second-order valence-corrected chi connectivity index (χ2v) is 10.0. The Morgan fingerprint density at radius 3 is 1.91 bits per heavy atom. The van der Waals surface area contributed by atoms with Crippen molar-refractivity contribution in [1.82, 2.24) is 0 Å². The van der Waals surface area contributed by atoms with E-state index in [1.54, 1.807) is 0 Å². The van der Waals surface area contributed by atoms with E-state index >= 15 is 0 Å². The second kappa shape index (κ2) is 12.5. The first-order chi connectivity index (χ1) is 15.5. The Balaban J connectivity index is 0.000000344. The van der Waals surface area contributed by atoms with Crippen molar-refractivity contribution in [2.24, 2.45) is 23.2 Å². The van der Waals surface area contributed by atoms with E-state index in [0.717, 1.165) is 18.8 Å². The van der Waals surface area contributed by atoms with E-state index in [1.165, 1.54) is 52.4 Å². The summed E-state index contributed by atoms with van der Waals surface area (Å²) in [4.78, 5) is 23.1. The lowest BCUT2D eigenvalue weighted by Crippen LogP contribution is -2.46. The molecule has 4 nitrogen and oxygen atoms in total. The van der Waals surface area contributed by atoms with Gasteiger partial charge in [0.15, 0.2) is 0 Å². The summed E-state index contributed by atoms with van der Waals surface area (Å²) in [6.07, 6.45) is -5.17. The standard InChI is InChI=1S/C16H28O2.C8H10F6O2/c1-4-16(2,3)15(17)18-14-11-7-9-12-8-5-6-10-13(12)14;1-3-4(2)5(15)16-6(7(9,10)11)8(12,13)14/h12-14H,4-11H2,1-3H3;4,6H,3H2,1-2H3. The van der Waals surface area contributed by atoms with Crippen molar-refractivity contribution in [1.29, 1.82) is 0 Å². The van der Waals surface area contributed by atoms with Gasteiger partial charge in [-0.25, -0.2) is 0 Å². The molecule has 0 aromatic heterocycles. The van der Waals surface area contributed by atoms with Crippen LogP contribution in [0, 0.1) is 23.2 Å². The number of rotatable bonds is 6. The van der Waals surface area contributed by atoms with Crippen LogP contribution in [0.25, 0.3) is 0 Å². The Morgan fingerprint density at radius 2 is 1.41 bits per heavy atom. The maximum absolute atomic E-state index is 12.2. The molecule has 0 aromatic rings. The van der Waals surface area contributed by atoms with Gasteiger partial charge >= 0.3 is 24.3 Å². The number of ether oxygens (including phenoxy) is 2. The predicted molar refractivity (Wildman–Crippen MR) is 115 cm³/mol. The van der Waals surface area contributed by atoms with Crippen LogP contribution in [0.1, 0.15) is 92.4 Å². The van der Waals surface area contributed by atoms with Crippen LogP contribution in [0.3, 0.4) is 0 Å². The third-order valence-electron chi connectivity index (χ3n) is 7.05. The third-order valence-corrected chi connectivity index (χ3v) is 7.05. The SMILES string of the molecule is CCC(C)(C)C(=O)OC1CCCC2CCCCC21.CCC(C)C(=O)OC(C(F)(F)F)C(F)(F)F. The van der Waals surface area contributed by atoms with Crippen molar-refractivity contribution < 1.29 is 45.4 Å². The maximum Gasteiger partial charge on any atom is 0.434 e. The average molecular weight is 505 g/mol. The molecule has 0 amide bonds. The average Bonchev–Trinajstić information content (AvgIpc) is 2.75. The summed E-state index contributed by atoms with van der Waals surface area (Å²) in [6.45, 7) is 8.69. The Hall–Kier alpha value is -1.48. The molecular weight excluding hydrogens is 466 g/mol. The van der Waals surface area contributed by atoms with E-state index < -0.39 is 30.3 Å². The molecule has 2 fully saturated rings. The first-order valence-corrected chi connectivity index (χ1v) is 12.1. The van der Waals surface area contributed by atoms with E-state index in [2.05, 4.69) is 11.7 Å². The lowest BCUT2D eigenvalue weighted by molar-refractivity contribution is -0.314. The van der Waals surface area contributed by atoms with E-state index in [1.807, 2.05) is 13.8 Å². The van der Waals surface area contributed by atoms with Gasteiger partial charge in [-0.3, -0.25) is 9.59 Å². The molecular formula is C24H38F6O4. The summed E-state index contributed by atoms with van der Waals surface area (Å²) < 4.78 is 81.0. The molecule has 0 N–H and O–H groups in total. The zero-order valence-corrected chi connectivity index (χ0v) is 20.7. The Labute approximate surface area is 198 Å². The monoisotopic (exact) mass is 504 g/mol. The molecule has 2 saturated carbocycles. The van der Waals surface area contributed by atoms with Gasteiger partial charge in [0.2, 0.25) is 0 Å². The van der Waals surface area contributed by atoms with Gasteiger partial charge in [-0.1, -0.05) is 40.0 Å². The number of hydrogen-bond acceptors (Lipinski definition) is 4. The molecule has 0 heterocycles. The van der Waals surface area contributed by atoms with Crippen molar-refractivity contribution in [2.45, 2.75) is 117 Å². The lowest BCUT2D eigenvalue weighted by Gasteiger charge is -2.41. The number of carbonyl (C=O) groups excluding carboxylic acids is 2. The van der Waals surface area contributed by atoms with Crippen LogP contribution in [-0.4, -0.2) is 36.5 Å². The van der Waals surface area contributed by atoms with Gasteiger partial charge < -0.3 is 9.47 Å². The molecule has 0 bridgehead atoms. The molecule has 4 unspecified atom stereocenters. The Bertz CT molecular complexity index is 643. The van der Waals surface area contributed by atoms with Crippen molar-refractivity contribution >= 4 is 11.9 Å². The molecule has 0 spiro atoms. The smallest absolute Gasteiger partial charge is 0.434 e. The summed E-state index contributed by atoms with van der Waals surface area (Å²) in [7, 11) is 0. The molecule has 0 aromatic carbocycles. The third kappa shape index (κ3) is 8.95. The van der Waals surface area contributed by atoms with Crippen molar-refractivity contribution in [2.75, 3.05) is 0 Å². The lowest BCUT2D eigenvalue weighted by atomic mass is 9.69. The highest BCUT2D eigenvalue weighted by atomic mass is 19.4. The number of fused-ring (bicyclic) bond motifs is 1. The molecule has 0 aliphatic heterocycles. The molecule has 0 saturated heterocycles. The van der Waals surface area contributed by atoms with Crippen LogP contribution in [0.15, 0.2) is 0 Å². The van der Waals surface area contributed by atoms with E-state index in [9.17, 15) is 35.9 Å². The minimum atomic E-state index is -5.65.